The molecule has 5 atom stereocenters. The summed E-state index contributed by atoms with van der Waals surface area (Å²) >= 11 is 6.11. The number of hydrogen-bond donors (Lipinski definition) is 6. The summed E-state index contributed by atoms with van der Waals surface area (Å²) in [7, 11) is -8.85. The molecular weight excluding hydrogens is 500 g/mol. The molecule has 33 heavy (non-hydrogen) atoms. The highest BCUT2D eigenvalue weighted by atomic mass is 35.5. The lowest BCUT2D eigenvalue weighted by Crippen LogP contribution is -2.32. The van der Waals surface area contributed by atoms with E-state index in [2.05, 4.69) is 20.3 Å². The quantitative estimate of drug-likeness (QED) is 0.213. The summed E-state index contributed by atoms with van der Waals surface area (Å²) in [5.74, 6) is -0.702. The molecule has 6 N–H and O–H groups in total. The van der Waals surface area contributed by atoms with Crippen LogP contribution in [0, 0.1) is 0 Å². The van der Waals surface area contributed by atoms with E-state index in [0.717, 1.165) is 25.7 Å². The summed E-state index contributed by atoms with van der Waals surface area (Å²) in [4.78, 5) is 40.5. The van der Waals surface area contributed by atoms with Crippen LogP contribution in [0.1, 0.15) is 38.3 Å². The Balaban J connectivity index is 1.53. The summed E-state index contributed by atoms with van der Waals surface area (Å²) in [5.41, 5.74) is 0.697. The van der Waals surface area contributed by atoms with Gasteiger partial charge in [0.2, 0.25) is 12.7 Å². The van der Waals surface area contributed by atoms with E-state index in [-0.39, 0.29) is 23.4 Å². The minimum Gasteiger partial charge on any atom is -0.388 e. The molecule has 2 aliphatic rings. The lowest BCUT2D eigenvalue weighted by atomic mass is 10.1. The highest BCUT2D eigenvalue weighted by Crippen LogP contribution is 2.55. The number of aliphatic hydroxyl groups excluding tert-OH is 2. The van der Waals surface area contributed by atoms with Gasteiger partial charge in [0, 0.05) is 12.2 Å². The highest BCUT2D eigenvalue weighted by Gasteiger charge is 2.45. The molecule has 4 rings (SSSR count). The monoisotopic (exact) mass is 525 g/mol. The molecule has 0 bridgehead atoms. The largest absolute Gasteiger partial charge is 0.388 e. The molecule has 0 amide bonds. The SMILES string of the molecule is O=P(O)(O)CP(=O)(O)CC[C@H]1O[C@@H](n2cnc3c(NC4CCCC4)nc(Cl)nc32)C(O)C1O. The van der Waals surface area contributed by atoms with E-state index in [1.165, 1.54) is 10.9 Å². The van der Waals surface area contributed by atoms with Crippen molar-refractivity contribution >= 4 is 43.5 Å². The molecular formula is C17H26ClN5O8P2. The molecule has 1 aliphatic heterocycles. The summed E-state index contributed by atoms with van der Waals surface area (Å²) in [6, 6.07) is 0.242. The lowest BCUT2D eigenvalue weighted by molar-refractivity contribution is -0.0354. The van der Waals surface area contributed by atoms with E-state index in [1.54, 1.807) is 0 Å². The van der Waals surface area contributed by atoms with Gasteiger partial charge in [0.1, 0.15) is 18.1 Å². The van der Waals surface area contributed by atoms with Crippen LogP contribution in [0.15, 0.2) is 6.33 Å². The maximum Gasteiger partial charge on any atom is 0.335 e. The van der Waals surface area contributed by atoms with E-state index in [0.29, 0.717) is 11.3 Å². The van der Waals surface area contributed by atoms with Crippen molar-refractivity contribution in [3.05, 3.63) is 11.6 Å². The Kier molecular flexibility index (Phi) is 7.18. The molecule has 2 fully saturated rings. The molecule has 0 aromatic carbocycles. The average Bonchev–Trinajstić information content (AvgIpc) is 3.40. The van der Waals surface area contributed by atoms with Crippen LogP contribution in [0.25, 0.3) is 11.2 Å². The number of ether oxygens (including phenoxy) is 1. The van der Waals surface area contributed by atoms with Crippen LogP contribution in [0.4, 0.5) is 5.82 Å². The fourth-order valence-electron chi connectivity index (χ4n) is 4.33. The van der Waals surface area contributed by atoms with Gasteiger partial charge >= 0.3 is 7.60 Å². The lowest BCUT2D eigenvalue weighted by Gasteiger charge is -2.18. The molecule has 2 aromatic rings. The van der Waals surface area contributed by atoms with Crippen molar-refractivity contribution in [2.75, 3.05) is 17.4 Å². The van der Waals surface area contributed by atoms with Crippen molar-refractivity contribution in [2.24, 2.45) is 0 Å². The number of anilines is 1. The Labute approximate surface area is 193 Å². The minimum absolute atomic E-state index is 0.0343. The van der Waals surface area contributed by atoms with E-state index in [4.69, 9.17) is 26.1 Å². The van der Waals surface area contributed by atoms with Gasteiger partial charge in [-0.3, -0.25) is 13.7 Å². The maximum atomic E-state index is 12.1. The minimum atomic E-state index is -4.69. The zero-order valence-electron chi connectivity index (χ0n) is 17.4. The molecule has 3 heterocycles. The second kappa shape index (κ2) is 9.49. The van der Waals surface area contributed by atoms with E-state index in [1.807, 2.05) is 0 Å². The molecule has 16 heteroatoms. The first-order valence-corrected chi connectivity index (χ1v) is 14.7. The van der Waals surface area contributed by atoms with Crippen molar-refractivity contribution in [3.8, 4) is 0 Å². The van der Waals surface area contributed by atoms with Gasteiger partial charge in [-0.25, -0.2) is 4.98 Å². The van der Waals surface area contributed by atoms with E-state index >= 15 is 0 Å². The summed E-state index contributed by atoms with van der Waals surface area (Å²) in [6.45, 7) is 0. The van der Waals surface area contributed by atoms with Crippen LogP contribution in [0.3, 0.4) is 0 Å². The zero-order valence-corrected chi connectivity index (χ0v) is 20.0. The van der Waals surface area contributed by atoms with Crippen LogP contribution in [0.2, 0.25) is 5.28 Å². The number of rotatable bonds is 8. The number of aromatic nitrogens is 4. The molecule has 2 aromatic heterocycles. The number of aliphatic hydroxyl groups is 2. The first-order valence-electron chi connectivity index (χ1n) is 10.5. The van der Waals surface area contributed by atoms with Crippen molar-refractivity contribution in [2.45, 2.75) is 62.7 Å². The van der Waals surface area contributed by atoms with Gasteiger partial charge in [0.05, 0.1) is 12.4 Å². The number of nitrogens with zero attached hydrogens (tertiary/aromatic N) is 4. The Hall–Kier alpha value is -1.14. The molecule has 184 valence electrons. The third kappa shape index (κ3) is 5.75. The van der Waals surface area contributed by atoms with Gasteiger partial charge in [0.15, 0.2) is 23.2 Å². The topological polar surface area (TPSA) is 200 Å². The number of nitrogens with one attached hydrogen (secondary N) is 1. The number of fused-ring (bicyclic) bond motifs is 1. The molecule has 13 nitrogen and oxygen atoms in total. The van der Waals surface area contributed by atoms with Crippen molar-refractivity contribution in [3.63, 3.8) is 0 Å². The predicted molar refractivity (Wildman–Crippen MR) is 118 cm³/mol. The smallest absolute Gasteiger partial charge is 0.335 e. The van der Waals surface area contributed by atoms with Crippen LogP contribution >= 0.6 is 26.6 Å². The zero-order chi connectivity index (χ0) is 24.0. The molecule has 0 radical (unpaired) electrons. The number of hydrogen-bond acceptors (Lipinski definition) is 9. The summed E-state index contributed by atoms with van der Waals surface area (Å²) in [5, 5.41) is 24.3. The first kappa shape index (κ1) is 25.0. The standard InChI is InChI=1S/C17H26ClN5O8P2/c18-17-21-14(20-9-3-1-2-4-9)11-15(22-17)23(7-19-11)16-13(25)12(24)10(31-16)5-6-32(26,27)8-33(28,29)30/h7,9-10,12-13,16,24-25H,1-6,8H2,(H,26,27)(H,20,21,22)(H2,28,29,30)/t10-,12?,13?,16-/m1/s1. The van der Waals surface area contributed by atoms with Gasteiger partial charge in [0.25, 0.3) is 0 Å². The first-order chi connectivity index (χ1) is 15.4. The molecule has 1 saturated heterocycles. The highest BCUT2D eigenvalue weighted by molar-refractivity contribution is 7.72. The third-order valence-electron chi connectivity index (χ3n) is 5.87. The fraction of sp³-hybridized carbons (Fsp3) is 0.706. The Bertz CT molecular complexity index is 1110. The molecule has 3 unspecified atom stereocenters. The van der Waals surface area contributed by atoms with Crippen molar-refractivity contribution in [1.82, 2.24) is 19.5 Å². The molecule has 0 spiro atoms. The van der Waals surface area contributed by atoms with Crippen molar-refractivity contribution in [1.29, 1.82) is 0 Å². The predicted octanol–water partition coefficient (Wildman–Crippen LogP) is 1.25. The number of halogens is 1. The molecule has 1 aliphatic carbocycles. The summed E-state index contributed by atoms with van der Waals surface area (Å²) < 4.78 is 30.3. The van der Waals surface area contributed by atoms with E-state index in [9.17, 15) is 24.2 Å². The van der Waals surface area contributed by atoms with Gasteiger partial charge in [-0.1, -0.05) is 12.8 Å². The Morgan fingerprint density at radius 1 is 1.15 bits per heavy atom. The normalized spacial score (nSPS) is 28.4. The van der Waals surface area contributed by atoms with Gasteiger partial charge < -0.3 is 34.9 Å². The van der Waals surface area contributed by atoms with Crippen LogP contribution < -0.4 is 5.32 Å². The Morgan fingerprint density at radius 3 is 2.52 bits per heavy atom. The van der Waals surface area contributed by atoms with Gasteiger partial charge in [-0.15, -0.1) is 0 Å². The van der Waals surface area contributed by atoms with Crippen LogP contribution in [-0.4, -0.2) is 80.8 Å². The Morgan fingerprint density at radius 2 is 1.85 bits per heavy atom. The molecule has 1 saturated carbocycles. The number of imidazole rings is 1. The second-order valence-corrected chi connectivity index (χ2v) is 13.4. The van der Waals surface area contributed by atoms with Crippen molar-refractivity contribution < 1.29 is 38.8 Å². The van der Waals surface area contributed by atoms with E-state index < -0.39 is 51.6 Å². The summed E-state index contributed by atoms with van der Waals surface area (Å²) in [6.07, 6.45) is -0.0564. The second-order valence-electron chi connectivity index (χ2n) is 8.50. The van der Waals surface area contributed by atoms with Crippen LogP contribution in [0.5, 0.6) is 0 Å². The van der Waals surface area contributed by atoms with Crippen LogP contribution in [-0.2, 0) is 13.9 Å². The van der Waals surface area contributed by atoms with Gasteiger partial charge in [-0.05, 0) is 30.9 Å². The maximum absolute atomic E-state index is 12.1. The third-order valence-corrected chi connectivity index (χ3v) is 10.2. The van der Waals surface area contributed by atoms with Gasteiger partial charge in [-0.2, -0.15) is 9.97 Å². The fourth-order valence-corrected chi connectivity index (χ4v) is 8.02. The average molecular weight is 526 g/mol.